The Hall–Kier alpha value is -3.39. The molecule has 4 N–H and O–H groups in total. The maximum Gasteiger partial charge on any atom is 0.247 e. The highest BCUT2D eigenvalue weighted by Crippen LogP contribution is 2.38. The number of aliphatic hydroxyl groups excluding tert-OH is 1. The standard InChI is InChI=1S/C16H17FN2O4.C8H15N.C3H6.C2H6/c1-11(14(17)6-7-20)19-10-15(22)18(9-16(19)23)8-12-2-4-13(21)5-3-12;1-3-7-4-8(5-7)6(2)9;1-3-2;1-2/h2-6,20-21H,1,7-10H2;7-8H,2-5,9H2,1H3;3H,1H2,2H3;1-2H3/b14-6+;;;. The SMILES string of the molecule is C=C(/C(F)=C\CO)N1CC(=O)N(Cc2ccc(O)cc2)CC1=O.C=C(N)C1CC(CC)C1.C=CC.CC. The maximum absolute atomic E-state index is 13.6. The zero-order valence-electron chi connectivity index (χ0n) is 22.8. The third-order valence-electron chi connectivity index (χ3n) is 5.79. The van der Waals surface area contributed by atoms with Crippen molar-refractivity contribution in [3.8, 4) is 5.75 Å². The van der Waals surface area contributed by atoms with E-state index in [2.05, 4.69) is 26.7 Å². The number of aromatic hydroxyl groups is 1. The minimum Gasteiger partial charge on any atom is -0.508 e. The molecule has 3 rings (SSSR count). The Morgan fingerprint density at radius 1 is 1.14 bits per heavy atom. The molecule has 0 radical (unpaired) electrons. The average molecular weight is 518 g/mol. The van der Waals surface area contributed by atoms with E-state index in [0.717, 1.165) is 28.2 Å². The number of hydrogen-bond donors (Lipinski definition) is 3. The fourth-order valence-electron chi connectivity index (χ4n) is 3.57. The second-order valence-electron chi connectivity index (χ2n) is 8.50. The van der Waals surface area contributed by atoms with Crippen LogP contribution in [0.15, 0.2) is 73.4 Å². The largest absolute Gasteiger partial charge is 0.508 e. The minimum atomic E-state index is -0.833. The van der Waals surface area contributed by atoms with Crippen molar-refractivity contribution in [1.29, 1.82) is 0 Å². The summed E-state index contributed by atoms with van der Waals surface area (Å²) in [6.45, 7) is 17.9. The summed E-state index contributed by atoms with van der Waals surface area (Å²) < 4.78 is 13.6. The van der Waals surface area contributed by atoms with Gasteiger partial charge in [0.15, 0.2) is 0 Å². The number of amides is 2. The number of carbonyl (C=O) groups excluding carboxylic acids is 2. The number of allylic oxidation sites excluding steroid dienone is 3. The van der Waals surface area contributed by atoms with Gasteiger partial charge in [0.2, 0.25) is 11.8 Å². The van der Waals surface area contributed by atoms with Crippen molar-refractivity contribution in [2.45, 2.75) is 53.5 Å². The lowest BCUT2D eigenvalue weighted by atomic mass is 9.72. The Kier molecular flexibility index (Phi) is 16.3. The summed E-state index contributed by atoms with van der Waals surface area (Å²) in [6.07, 6.45) is 6.50. The van der Waals surface area contributed by atoms with Crippen LogP contribution in [0.5, 0.6) is 5.75 Å². The Balaban J connectivity index is 0.000000764. The number of piperazine rings is 1. The molecule has 0 unspecified atom stereocenters. The van der Waals surface area contributed by atoms with Crippen molar-refractivity contribution in [2.24, 2.45) is 17.6 Å². The molecular formula is C29H44FN3O4. The van der Waals surface area contributed by atoms with Gasteiger partial charge in [-0.2, -0.15) is 0 Å². The van der Waals surface area contributed by atoms with Gasteiger partial charge >= 0.3 is 0 Å². The number of halogens is 1. The molecule has 37 heavy (non-hydrogen) atoms. The molecule has 1 aromatic carbocycles. The van der Waals surface area contributed by atoms with Crippen LogP contribution in [-0.2, 0) is 16.1 Å². The molecular weight excluding hydrogens is 473 g/mol. The lowest BCUT2D eigenvalue weighted by molar-refractivity contribution is -0.148. The van der Waals surface area contributed by atoms with Crippen LogP contribution in [0.4, 0.5) is 4.39 Å². The zero-order valence-corrected chi connectivity index (χ0v) is 22.8. The van der Waals surface area contributed by atoms with E-state index in [-0.39, 0.29) is 37.0 Å². The first-order chi connectivity index (χ1) is 17.6. The van der Waals surface area contributed by atoms with Crippen LogP contribution in [0.3, 0.4) is 0 Å². The van der Waals surface area contributed by atoms with E-state index < -0.39 is 18.3 Å². The summed E-state index contributed by atoms with van der Waals surface area (Å²) >= 11 is 0. The van der Waals surface area contributed by atoms with E-state index >= 15 is 0 Å². The van der Waals surface area contributed by atoms with Gasteiger partial charge in [0, 0.05) is 12.2 Å². The molecule has 0 bridgehead atoms. The zero-order chi connectivity index (χ0) is 28.5. The first-order valence-corrected chi connectivity index (χ1v) is 12.6. The van der Waals surface area contributed by atoms with Crippen LogP contribution in [0, 0.1) is 11.8 Å². The van der Waals surface area contributed by atoms with Crippen molar-refractivity contribution in [1.82, 2.24) is 9.80 Å². The molecule has 2 aliphatic rings. The second-order valence-corrected chi connectivity index (χ2v) is 8.50. The predicted molar refractivity (Wildman–Crippen MR) is 148 cm³/mol. The summed E-state index contributed by atoms with van der Waals surface area (Å²) in [5, 5.41) is 17.9. The molecule has 1 heterocycles. The molecule has 2 fully saturated rings. The van der Waals surface area contributed by atoms with E-state index in [0.29, 0.717) is 5.92 Å². The summed E-state index contributed by atoms with van der Waals surface area (Å²) in [6, 6.07) is 6.30. The Morgan fingerprint density at radius 2 is 1.68 bits per heavy atom. The highest BCUT2D eigenvalue weighted by atomic mass is 19.1. The number of benzene rings is 1. The Morgan fingerprint density at radius 3 is 2.14 bits per heavy atom. The third-order valence-corrected chi connectivity index (χ3v) is 5.79. The summed E-state index contributed by atoms with van der Waals surface area (Å²) in [5.74, 6) is 0.0831. The number of aliphatic hydroxyl groups is 1. The van der Waals surface area contributed by atoms with E-state index in [1.165, 1.54) is 36.3 Å². The molecule has 1 saturated heterocycles. The molecule has 0 atom stereocenters. The molecule has 206 valence electrons. The van der Waals surface area contributed by atoms with E-state index in [9.17, 15) is 19.1 Å². The van der Waals surface area contributed by atoms with Gasteiger partial charge in [-0.05, 0) is 55.4 Å². The van der Waals surface area contributed by atoms with Crippen molar-refractivity contribution in [3.05, 3.63) is 78.9 Å². The molecule has 0 aromatic heterocycles. The van der Waals surface area contributed by atoms with Gasteiger partial charge in [0.1, 0.15) is 24.7 Å². The maximum atomic E-state index is 13.6. The van der Waals surface area contributed by atoms with Gasteiger partial charge < -0.3 is 20.8 Å². The number of carbonyl (C=O) groups is 2. The molecule has 8 heteroatoms. The molecule has 0 spiro atoms. The van der Waals surface area contributed by atoms with Gasteiger partial charge in [-0.3, -0.25) is 14.5 Å². The number of hydrogen-bond acceptors (Lipinski definition) is 5. The second kappa shape index (κ2) is 17.9. The molecule has 7 nitrogen and oxygen atoms in total. The molecule has 2 amide bonds. The Bertz CT molecular complexity index is 922. The van der Waals surface area contributed by atoms with E-state index in [4.69, 9.17) is 10.8 Å². The van der Waals surface area contributed by atoms with Crippen LogP contribution in [0.25, 0.3) is 0 Å². The first-order valence-electron chi connectivity index (χ1n) is 12.6. The third kappa shape index (κ3) is 11.5. The topological polar surface area (TPSA) is 107 Å². The Labute approximate surface area is 221 Å². The summed E-state index contributed by atoms with van der Waals surface area (Å²) in [5.41, 5.74) is 6.94. The number of phenolic OH excluding ortho intramolecular Hbond substituents is 1. The monoisotopic (exact) mass is 517 g/mol. The van der Waals surface area contributed by atoms with Crippen LogP contribution < -0.4 is 5.73 Å². The summed E-state index contributed by atoms with van der Waals surface area (Å²) in [4.78, 5) is 26.6. The average Bonchev–Trinajstić information content (AvgIpc) is 2.83. The van der Waals surface area contributed by atoms with E-state index in [1.54, 1.807) is 18.2 Å². The highest BCUT2D eigenvalue weighted by molar-refractivity contribution is 5.93. The lowest BCUT2D eigenvalue weighted by Crippen LogP contribution is -2.52. The van der Waals surface area contributed by atoms with Crippen LogP contribution >= 0.6 is 0 Å². The van der Waals surface area contributed by atoms with Gasteiger partial charge in [-0.1, -0.05) is 58.6 Å². The number of rotatable bonds is 7. The van der Waals surface area contributed by atoms with Crippen LogP contribution in [0.1, 0.15) is 52.5 Å². The van der Waals surface area contributed by atoms with Gasteiger partial charge in [0.25, 0.3) is 0 Å². The molecule has 1 saturated carbocycles. The minimum absolute atomic E-state index is 0.114. The molecule has 1 aromatic rings. The first kappa shape index (κ1) is 33.6. The number of nitrogens with two attached hydrogens (primary N) is 1. The fourth-order valence-corrected chi connectivity index (χ4v) is 3.57. The summed E-state index contributed by atoms with van der Waals surface area (Å²) in [7, 11) is 0. The lowest BCUT2D eigenvalue weighted by Gasteiger charge is -2.34. The van der Waals surface area contributed by atoms with Crippen molar-refractivity contribution in [3.63, 3.8) is 0 Å². The molecule has 1 aliphatic carbocycles. The van der Waals surface area contributed by atoms with Crippen molar-refractivity contribution in [2.75, 3.05) is 19.7 Å². The van der Waals surface area contributed by atoms with Gasteiger partial charge in [0.05, 0.1) is 12.3 Å². The van der Waals surface area contributed by atoms with Crippen LogP contribution in [0.2, 0.25) is 0 Å². The normalized spacial score (nSPS) is 18.6. The smallest absolute Gasteiger partial charge is 0.247 e. The quantitative estimate of drug-likeness (QED) is 0.347. The fraction of sp³-hybridized carbons (Fsp3) is 0.448. The number of nitrogens with zero attached hydrogens (tertiary/aromatic N) is 2. The van der Waals surface area contributed by atoms with Gasteiger partial charge in [-0.25, -0.2) is 4.39 Å². The van der Waals surface area contributed by atoms with Crippen LogP contribution in [-0.4, -0.2) is 51.5 Å². The molecule has 1 aliphatic heterocycles. The number of phenols is 1. The highest BCUT2D eigenvalue weighted by Gasteiger charge is 2.32. The van der Waals surface area contributed by atoms with Gasteiger partial charge in [-0.15, -0.1) is 6.58 Å². The predicted octanol–water partition coefficient (Wildman–Crippen LogP) is 5.04. The van der Waals surface area contributed by atoms with Crippen molar-refractivity contribution < 1.29 is 24.2 Å². The van der Waals surface area contributed by atoms with E-state index in [1.807, 2.05) is 20.8 Å². The van der Waals surface area contributed by atoms with Crippen molar-refractivity contribution >= 4 is 11.8 Å².